The fraction of sp³-hybridized carbons (Fsp3) is 0.650. The molecule has 0 bridgehead atoms. The minimum absolute atomic E-state index is 0.105. The minimum Gasteiger partial charge on any atom is -0.453 e. The Bertz CT molecular complexity index is 735. The van der Waals surface area contributed by atoms with Crippen molar-refractivity contribution in [1.82, 2.24) is 9.80 Å². The van der Waals surface area contributed by atoms with E-state index in [-0.39, 0.29) is 23.7 Å². The first kappa shape index (κ1) is 19.5. The Morgan fingerprint density at radius 3 is 2.89 bits per heavy atom. The molecule has 0 saturated carbocycles. The molecular weight excluding hydrogens is 368 g/mol. The van der Waals surface area contributed by atoms with Gasteiger partial charge >= 0.3 is 6.09 Å². The molecule has 3 heterocycles. The molecule has 6 nitrogen and oxygen atoms in total. The number of likely N-dealkylation sites (tertiary alicyclic amines) is 2. The second-order valence-electron chi connectivity index (χ2n) is 8.06. The molecule has 0 aromatic heterocycles. The molecule has 3 saturated heterocycles. The van der Waals surface area contributed by atoms with Gasteiger partial charge < -0.3 is 20.1 Å². The van der Waals surface area contributed by atoms with Crippen LogP contribution in [0.2, 0.25) is 0 Å². The van der Waals surface area contributed by atoms with Gasteiger partial charge in [-0.25, -0.2) is 13.6 Å². The van der Waals surface area contributed by atoms with E-state index in [0.29, 0.717) is 18.9 Å². The first-order valence-electron chi connectivity index (χ1n) is 9.88. The molecule has 154 valence electrons. The Morgan fingerprint density at radius 1 is 1.32 bits per heavy atom. The number of fused-ring (bicyclic) bond motifs is 1. The van der Waals surface area contributed by atoms with E-state index in [1.807, 2.05) is 4.90 Å². The van der Waals surface area contributed by atoms with Crippen molar-refractivity contribution in [3.63, 3.8) is 0 Å². The van der Waals surface area contributed by atoms with Crippen LogP contribution < -0.4 is 5.73 Å². The van der Waals surface area contributed by atoms with Gasteiger partial charge in [0.05, 0.1) is 19.8 Å². The first-order chi connectivity index (χ1) is 13.5. The number of benzene rings is 1. The second kappa shape index (κ2) is 7.93. The number of hydrogen-bond acceptors (Lipinski definition) is 5. The number of piperidine rings is 1. The number of amides is 1. The Kier molecular flexibility index (Phi) is 5.53. The molecule has 0 spiro atoms. The summed E-state index contributed by atoms with van der Waals surface area (Å²) >= 11 is 0. The standard InChI is InChI=1S/C20H27F2N3O3/c1-27-20(26)25-6-2-3-12-9-24(10-18(12)25)14-8-17(23)19(28-11-14)15-7-13(21)4-5-16(15)22/h4-5,7,12,14,17-19H,2-3,6,8-11,23H2,1H3. The third kappa shape index (κ3) is 3.60. The van der Waals surface area contributed by atoms with Gasteiger partial charge in [0.1, 0.15) is 17.7 Å². The summed E-state index contributed by atoms with van der Waals surface area (Å²) in [5.74, 6) is -0.579. The summed E-state index contributed by atoms with van der Waals surface area (Å²) in [5.41, 5.74) is 6.48. The SMILES string of the molecule is COC(=O)N1CCCC2CN(C3COC(c4cc(F)ccc4F)C(N)C3)CC21. The van der Waals surface area contributed by atoms with E-state index in [2.05, 4.69) is 4.90 Å². The van der Waals surface area contributed by atoms with Crippen molar-refractivity contribution in [3.05, 3.63) is 35.4 Å². The lowest BCUT2D eigenvalue weighted by Crippen LogP contribution is -2.50. The number of methoxy groups -OCH3 is 1. The van der Waals surface area contributed by atoms with Gasteiger partial charge in [-0.05, 0) is 43.4 Å². The molecule has 5 atom stereocenters. The maximum atomic E-state index is 14.1. The lowest BCUT2D eigenvalue weighted by atomic mass is 9.92. The molecule has 1 aromatic rings. The third-order valence-corrected chi connectivity index (χ3v) is 6.40. The Morgan fingerprint density at radius 2 is 2.14 bits per heavy atom. The number of carbonyl (C=O) groups excluding carboxylic acids is 1. The van der Waals surface area contributed by atoms with E-state index < -0.39 is 23.8 Å². The molecule has 0 radical (unpaired) electrons. The normalized spacial score (nSPS) is 33.6. The highest BCUT2D eigenvalue weighted by Crippen LogP contribution is 2.36. The van der Waals surface area contributed by atoms with Gasteiger partial charge in [0.15, 0.2) is 0 Å². The van der Waals surface area contributed by atoms with Gasteiger partial charge in [0.2, 0.25) is 0 Å². The monoisotopic (exact) mass is 395 g/mol. The highest BCUT2D eigenvalue weighted by molar-refractivity contribution is 5.68. The van der Waals surface area contributed by atoms with Crippen molar-refractivity contribution in [2.24, 2.45) is 11.7 Å². The zero-order valence-electron chi connectivity index (χ0n) is 16.0. The van der Waals surface area contributed by atoms with Gasteiger partial charge in [-0.1, -0.05) is 0 Å². The van der Waals surface area contributed by atoms with Crippen LogP contribution in [0.5, 0.6) is 0 Å². The molecule has 3 aliphatic rings. The van der Waals surface area contributed by atoms with E-state index in [4.69, 9.17) is 15.2 Å². The van der Waals surface area contributed by atoms with E-state index in [9.17, 15) is 13.6 Å². The number of rotatable bonds is 2. The van der Waals surface area contributed by atoms with Crippen molar-refractivity contribution in [3.8, 4) is 0 Å². The highest BCUT2D eigenvalue weighted by atomic mass is 19.1. The molecule has 3 aliphatic heterocycles. The smallest absolute Gasteiger partial charge is 0.409 e. The molecule has 3 fully saturated rings. The number of ether oxygens (including phenoxy) is 2. The molecule has 8 heteroatoms. The van der Waals surface area contributed by atoms with E-state index in [1.54, 1.807) is 0 Å². The average Bonchev–Trinajstić information content (AvgIpc) is 3.13. The molecule has 1 aromatic carbocycles. The summed E-state index contributed by atoms with van der Waals surface area (Å²) in [6.45, 7) is 2.78. The topological polar surface area (TPSA) is 68.0 Å². The summed E-state index contributed by atoms with van der Waals surface area (Å²) in [5, 5.41) is 0. The minimum atomic E-state index is -0.650. The second-order valence-corrected chi connectivity index (χ2v) is 8.06. The van der Waals surface area contributed by atoms with E-state index in [1.165, 1.54) is 13.2 Å². The van der Waals surface area contributed by atoms with E-state index >= 15 is 0 Å². The lowest BCUT2D eigenvalue weighted by Gasteiger charge is -2.39. The maximum Gasteiger partial charge on any atom is 0.409 e. The van der Waals surface area contributed by atoms with Crippen LogP contribution in [-0.2, 0) is 9.47 Å². The Labute approximate surface area is 163 Å². The number of carbonyl (C=O) groups is 1. The molecule has 28 heavy (non-hydrogen) atoms. The van der Waals surface area contributed by atoms with Crippen LogP contribution in [0, 0.1) is 17.6 Å². The molecule has 0 aliphatic carbocycles. The first-order valence-corrected chi connectivity index (χ1v) is 9.88. The van der Waals surface area contributed by atoms with Crippen LogP contribution >= 0.6 is 0 Å². The molecular formula is C20H27F2N3O3. The van der Waals surface area contributed by atoms with Crippen molar-refractivity contribution in [2.75, 3.05) is 33.4 Å². The predicted octanol–water partition coefficient (Wildman–Crippen LogP) is 2.28. The van der Waals surface area contributed by atoms with Crippen LogP contribution in [0.4, 0.5) is 13.6 Å². The van der Waals surface area contributed by atoms with Gasteiger partial charge in [-0.15, -0.1) is 0 Å². The molecule has 2 N–H and O–H groups in total. The average molecular weight is 395 g/mol. The molecule has 1 amide bonds. The van der Waals surface area contributed by atoms with Gasteiger partial charge in [-0.2, -0.15) is 0 Å². The van der Waals surface area contributed by atoms with Gasteiger partial charge in [0, 0.05) is 37.3 Å². The Balaban J connectivity index is 1.42. The maximum absolute atomic E-state index is 14.1. The van der Waals surface area contributed by atoms with Crippen LogP contribution in [0.1, 0.15) is 30.9 Å². The van der Waals surface area contributed by atoms with Crippen LogP contribution in [0.15, 0.2) is 18.2 Å². The van der Waals surface area contributed by atoms with Crippen molar-refractivity contribution < 1.29 is 23.0 Å². The van der Waals surface area contributed by atoms with Gasteiger partial charge in [0.25, 0.3) is 0 Å². The number of hydrogen-bond donors (Lipinski definition) is 1. The summed E-state index contributed by atoms with van der Waals surface area (Å²) in [4.78, 5) is 16.2. The third-order valence-electron chi connectivity index (χ3n) is 6.40. The fourth-order valence-corrected chi connectivity index (χ4v) is 5.01. The summed E-state index contributed by atoms with van der Waals surface area (Å²) < 4.78 is 38.5. The Hall–Kier alpha value is -1.77. The molecule has 5 unspecified atom stereocenters. The lowest BCUT2D eigenvalue weighted by molar-refractivity contribution is -0.0482. The summed E-state index contributed by atoms with van der Waals surface area (Å²) in [7, 11) is 1.42. The van der Waals surface area contributed by atoms with Crippen molar-refractivity contribution in [2.45, 2.75) is 43.5 Å². The molecule has 4 rings (SSSR count). The highest BCUT2D eigenvalue weighted by Gasteiger charge is 2.45. The van der Waals surface area contributed by atoms with Gasteiger partial charge in [-0.3, -0.25) is 4.90 Å². The quantitative estimate of drug-likeness (QED) is 0.832. The fourth-order valence-electron chi connectivity index (χ4n) is 5.01. The largest absolute Gasteiger partial charge is 0.453 e. The van der Waals surface area contributed by atoms with E-state index in [0.717, 1.165) is 44.6 Å². The summed E-state index contributed by atoms with van der Waals surface area (Å²) in [6, 6.07) is 3.20. The predicted molar refractivity (Wildman–Crippen MR) is 98.6 cm³/mol. The van der Waals surface area contributed by atoms with Crippen LogP contribution in [0.3, 0.4) is 0 Å². The number of nitrogens with zero attached hydrogens (tertiary/aromatic N) is 2. The zero-order chi connectivity index (χ0) is 19.8. The van der Waals surface area contributed by atoms with Crippen LogP contribution in [-0.4, -0.2) is 67.4 Å². The number of halogens is 2. The van der Waals surface area contributed by atoms with Crippen LogP contribution in [0.25, 0.3) is 0 Å². The zero-order valence-corrected chi connectivity index (χ0v) is 16.0. The number of nitrogens with two attached hydrogens (primary N) is 1. The van der Waals surface area contributed by atoms with Crippen molar-refractivity contribution in [1.29, 1.82) is 0 Å². The summed E-state index contributed by atoms with van der Waals surface area (Å²) in [6.07, 6.45) is 1.79. The van der Waals surface area contributed by atoms with Crippen molar-refractivity contribution >= 4 is 6.09 Å².